The van der Waals surface area contributed by atoms with Gasteiger partial charge in [-0.1, -0.05) is 22.0 Å². The van der Waals surface area contributed by atoms with Crippen molar-refractivity contribution in [3.63, 3.8) is 0 Å². The lowest BCUT2D eigenvalue weighted by atomic mass is 10.3. The van der Waals surface area contributed by atoms with Gasteiger partial charge in [-0.05, 0) is 32.0 Å². The molecule has 0 saturated heterocycles. The third-order valence-electron chi connectivity index (χ3n) is 2.32. The molecule has 5 nitrogen and oxygen atoms in total. The summed E-state index contributed by atoms with van der Waals surface area (Å²) in [6, 6.07) is 6.78. The standard InChI is InChI=1S/C13H17BrN2O3/c1-3-19-13(18)9(2)15-8-12(17)16-11-6-4-5-10(14)7-11/h4-7,9,15H,3,8H2,1-2H3,(H,16,17). The first-order chi connectivity index (χ1) is 9.02. The molecule has 0 bridgehead atoms. The number of benzene rings is 1. The van der Waals surface area contributed by atoms with Crippen LogP contribution in [0.15, 0.2) is 28.7 Å². The zero-order valence-corrected chi connectivity index (χ0v) is 12.5. The largest absolute Gasteiger partial charge is 0.465 e. The van der Waals surface area contributed by atoms with Crippen molar-refractivity contribution in [3.05, 3.63) is 28.7 Å². The van der Waals surface area contributed by atoms with Gasteiger partial charge in [0.2, 0.25) is 5.91 Å². The molecule has 0 aromatic heterocycles. The van der Waals surface area contributed by atoms with Gasteiger partial charge in [0.05, 0.1) is 13.2 Å². The predicted molar refractivity (Wildman–Crippen MR) is 76.9 cm³/mol. The highest BCUT2D eigenvalue weighted by molar-refractivity contribution is 9.10. The number of rotatable bonds is 6. The second-order valence-electron chi connectivity index (χ2n) is 3.91. The summed E-state index contributed by atoms with van der Waals surface area (Å²) < 4.78 is 5.72. The van der Waals surface area contributed by atoms with Crippen LogP contribution in [0.4, 0.5) is 5.69 Å². The second kappa shape index (κ2) is 7.91. The molecule has 0 spiro atoms. The van der Waals surface area contributed by atoms with Gasteiger partial charge in [-0.2, -0.15) is 0 Å². The quantitative estimate of drug-likeness (QED) is 0.783. The Hall–Kier alpha value is -1.40. The van der Waals surface area contributed by atoms with E-state index in [0.717, 1.165) is 4.47 Å². The lowest BCUT2D eigenvalue weighted by molar-refractivity contribution is -0.145. The van der Waals surface area contributed by atoms with Crippen molar-refractivity contribution in [2.45, 2.75) is 19.9 Å². The van der Waals surface area contributed by atoms with Gasteiger partial charge < -0.3 is 10.1 Å². The first-order valence-electron chi connectivity index (χ1n) is 5.98. The Morgan fingerprint density at radius 1 is 1.42 bits per heavy atom. The molecule has 0 saturated carbocycles. The molecule has 1 unspecified atom stereocenters. The summed E-state index contributed by atoms with van der Waals surface area (Å²) in [4.78, 5) is 23.0. The molecule has 2 N–H and O–H groups in total. The van der Waals surface area contributed by atoms with Crippen molar-refractivity contribution in [2.75, 3.05) is 18.5 Å². The number of carbonyl (C=O) groups excluding carboxylic acids is 2. The molecule has 0 radical (unpaired) electrons. The maximum atomic E-state index is 11.7. The molecule has 1 amide bonds. The lowest BCUT2D eigenvalue weighted by Crippen LogP contribution is -2.40. The summed E-state index contributed by atoms with van der Waals surface area (Å²) >= 11 is 3.32. The minimum atomic E-state index is -0.506. The Morgan fingerprint density at radius 3 is 2.79 bits per heavy atom. The summed E-state index contributed by atoms with van der Waals surface area (Å²) in [5.41, 5.74) is 0.699. The van der Waals surface area contributed by atoms with Gasteiger partial charge in [0.25, 0.3) is 0 Å². The SMILES string of the molecule is CCOC(=O)C(C)NCC(=O)Nc1cccc(Br)c1. The molecule has 1 atom stereocenters. The molecule has 0 aliphatic carbocycles. The molecule has 1 aromatic carbocycles. The van der Waals surface area contributed by atoms with E-state index in [1.54, 1.807) is 26.0 Å². The number of anilines is 1. The molecule has 1 rings (SSSR count). The number of esters is 1. The average molecular weight is 329 g/mol. The summed E-state index contributed by atoms with van der Waals surface area (Å²) in [6.07, 6.45) is 0. The number of nitrogens with one attached hydrogen (secondary N) is 2. The molecule has 0 aliphatic rings. The van der Waals surface area contributed by atoms with Crippen LogP contribution in [0.1, 0.15) is 13.8 Å². The van der Waals surface area contributed by atoms with Gasteiger partial charge in [0.1, 0.15) is 6.04 Å². The van der Waals surface area contributed by atoms with Crippen molar-refractivity contribution in [2.24, 2.45) is 0 Å². The molecule has 1 aromatic rings. The Morgan fingerprint density at radius 2 is 2.16 bits per heavy atom. The first kappa shape index (κ1) is 15.7. The summed E-state index contributed by atoms with van der Waals surface area (Å²) in [5.74, 6) is -0.577. The fraction of sp³-hybridized carbons (Fsp3) is 0.385. The highest BCUT2D eigenvalue weighted by atomic mass is 79.9. The fourth-order valence-corrected chi connectivity index (χ4v) is 1.77. The maximum absolute atomic E-state index is 11.7. The molecular weight excluding hydrogens is 312 g/mol. The number of carbonyl (C=O) groups is 2. The minimum absolute atomic E-state index is 0.0481. The van der Waals surface area contributed by atoms with Crippen molar-refractivity contribution < 1.29 is 14.3 Å². The van der Waals surface area contributed by atoms with Gasteiger partial charge in [-0.15, -0.1) is 0 Å². The van der Waals surface area contributed by atoms with Crippen molar-refractivity contribution in [3.8, 4) is 0 Å². The third kappa shape index (κ3) is 5.85. The summed E-state index contributed by atoms with van der Waals surface area (Å²) in [5, 5.41) is 5.53. The zero-order chi connectivity index (χ0) is 14.3. The van der Waals surface area contributed by atoms with E-state index in [1.165, 1.54) is 0 Å². The number of ether oxygens (including phenoxy) is 1. The molecule has 6 heteroatoms. The van der Waals surface area contributed by atoms with Gasteiger partial charge >= 0.3 is 5.97 Å². The Labute approximate surface area is 120 Å². The van der Waals surface area contributed by atoms with Crippen LogP contribution in [-0.4, -0.2) is 31.1 Å². The van der Waals surface area contributed by atoms with E-state index in [9.17, 15) is 9.59 Å². The lowest BCUT2D eigenvalue weighted by Gasteiger charge is -2.12. The summed E-state index contributed by atoms with van der Waals surface area (Å²) in [7, 11) is 0. The van der Waals surface area contributed by atoms with E-state index >= 15 is 0 Å². The van der Waals surface area contributed by atoms with E-state index in [2.05, 4.69) is 26.6 Å². The van der Waals surface area contributed by atoms with E-state index < -0.39 is 6.04 Å². The van der Waals surface area contributed by atoms with E-state index in [1.807, 2.05) is 12.1 Å². The molecular formula is C13H17BrN2O3. The number of halogens is 1. The number of hydrogen-bond acceptors (Lipinski definition) is 4. The normalized spacial score (nSPS) is 11.7. The van der Waals surface area contributed by atoms with Crippen LogP contribution in [-0.2, 0) is 14.3 Å². The van der Waals surface area contributed by atoms with Gasteiger partial charge in [-0.25, -0.2) is 0 Å². The van der Waals surface area contributed by atoms with Crippen LogP contribution >= 0.6 is 15.9 Å². The number of hydrogen-bond donors (Lipinski definition) is 2. The van der Waals surface area contributed by atoms with Gasteiger partial charge in [0.15, 0.2) is 0 Å². The second-order valence-corrected chi connectivity index (χ2v) is 4.83. The number of amides is 1. The predicted octanol–water partition coefficient (Wildman–Crippen LogP) is 1.93. The zero-order valence-electron chi connectivity index (χ0n) is 10.9. The van der Waals surface area contributed by atoms with Crippen LogP contribution < -0.4 is 10.6 Å². The third-order valence-corrected chi connectivity index (χ3v) is 2.81. The van der Waals surface area contributed by atoms with Crippen LogP contribution in [0.5, 0.6) is 0 Å². The first-order valence-corrected chi connectivity index (χ1v) is 6.77. The van der Waals surface area contributed by atoms with E-state index in [-0.39, 0.29) is 18.4 Å². The topological polar surface area (TPSA) is 67.4 Å². The minimum Gasteiger partial charge on any atom is -0.465 e. The monoisotopic (exact) mass is 328 g/mol. The smallest absolute Gasteiger partial charge is 0.322 e. The molecule has 19 heavy (non-hydrogen) atoms. The van der Waals surface area contributed by atoms with Gasteiger partial charge in [0, 0.05) is 10.2 Å². The van der Waals surface area contributed by atoms with Gasteiger partial charge in [-0.3, -0.25) is 14.9 Å². The van der Waals surface area contributed by atoms with Crippen LogP contribution in [0.25, 0.3) is 0 Å². The highest BCUT2D eigenvalue weighted by Gasteiger charge is 2.14. The Bertz CT molecular complexity index is 451. The van der Waals surface area contributed by atoms with Crippen LogP contribution in [0.3, 0.4) is 0 Å². The molecule has 104 valence electrons. The van der Waals surface area contributed by atoms with Crippen molar-refractivity contribution in [1.82, 2.24) is 5.32 Å². The van der Waals surface area contributed by atoms with E-state index in [4.69, 9.17) is 4.74 Å². The van der Waals surface area contributed by atoms with Crippen LogP contribution in [0, 0.1) is 0 Å². The summed E-state index contributed by atoms with van der Waals surface area (Å²) in [6.45, 7) is 3.77. The molecule has 0 aliphatic heterocycles. The maximum Gasteiger partial charge on any atom is 0.322 e. The molecule has 0 heterocycles. The highest BCUT2D eigenvalue weighted by Crippen LogP contribution is 2.15. The Kier molecular flexibility index (Phi) is 6.52. The average Bonchev–Trinajstić information content (AvgIpc) is 2.36. The fourth-order valence-electron chi connectivity index (χ4n) is 1.37. The van der Waals surface area contributed by atoms with E-state index in [0.29, 0.717) is 12.3 Å². The van der Waals surface area contributed by atoms with Crippen LogP contribution in [0.2, 0.25) is 0 Å². The van der Waals surface area contributed by atoms with Crippen molar-refractivity contribution in [1.29, 1.82) is 0 Å². The van der Waals surface area contributed by atoms with Crippen molar-refractivity contribution >= 4 is 33.5 Å². The molecule has 0 fully saturated rings. The Balaban J connectivity index is 2.38.